The van der Waals surface area contributed by atoms with Crippen LogP contribution in [0.4, 0.5) is 22.7 Å². The molecule has 3 N–H and O–H groups in total. The van der Waals surface area contributed by atoms with Crippen LogP contribution >= 0.6 is 0 Å². The van der Waals surface area contributed by atoms with Crippen molar-refractivity contribution in [2.45, 2.75) is 0 Å². The Morgan fingerprint density at radius 2 is 1.45 bits per heavy atom. The van der Waals surface area contributed by atoms with E-state index in [2.05, 4.69) is 101 Å². The van der Waals surface area contributed by atoms with Crippen LogP contribution in [0.15, 0.2) is 95.9 Å². The van der Waals surface area contributed by atoms with Crippen molar-refractivity contribution in [3.8, 4) is 6.07 Å². The summed E-state index contributed by atoms with van der Waals surface area (Å²) < 4.78 is 2.25. The molecule has 9 rings (SSSR count). The molecule has 6 aromatic rings. The number of nitrogens with zero attached hydrogens (tertiary/aromatic N) is 6. The van der Waals surface area contributed by atoms with Crippen molar-refractivity contribution >= 4 is 77.0 Å². The predicted molar refractivity (Wildman–Crippen MR) is 201 cm³/mol. The van der Waals surface area contributed by atoms with Gasteiger partial charge in [0.2, 0.25) is 12.0 Å². The van der Waals surface area contributed by atoms with Gasteiger partial charge in [0.25, 0.3) is 5.70 Å². The molecular formula is C41H32N7O+. The Kier molecular flexibility index (Phi) is 5.85. The van der Waals surface area contributed by atoms with Gasteiger partial charge in [-0.2, -0.15) is 0 Å². The number of nitrogen functional groups attached to an aromatic ring is 1. The first-order valence-electron chi connectivity index (χ1n) is 16.2. The smallest absolute Gasteiger partial charge is 0.270 e. The summed E-state index contributed by atoms with van der Waals surface area (Å²) in [7, 11) is 8.32. The molecule has 8 heteroatoms. The number of hydrogen-bond donors (Lipinski definition) is 2. The first kappa shape index (κ1) is 28.7. The first-order valence-corrected chi connectivity index (χ1v) is 16.2. The van der Waals surface area contributed by atoms with E-state index in [0.717, 1.165) is 83.0 Å². The number of allylic oxidation sites excluding steroid dienone is 3. The zero-order chi connectivity index (χ0) is 33.9. The summed E-state index contributed by atoms with van der Waals surface area (Å²) in [6.45, 7) is 9.62. The Hall–Kier alpha value is -6.51. The van der Waals surface area contributed by atoms with E-state index < -0.39 is 0 Å². The zero-order valence-electron chi connectivity index (χ0n) is 27.6. The third-order valence-electron chi connectivity index (χ3n) is 10.5. The molecule has 0 amide bonds. The summed E-state index contributed by atoms with van der Waals surface area (Å²) in [5, 5.41) is 32.7. The van der Waals surface area contributed by atoms with Crippen LogP contribution in [0.1, 0.15) is 5.56 Å². The zero-order valence-corrected chi connectivity index (χ0v) is 27.6. The summed E-state index contributed by atoms with van der Waals surface area (Å²) >= 11 is 0. The van der Waals surface area contributed by atoms with Crippen LogP contribution in [0.2, 0.25) is 0 Å². The van der Waals surface area contributed by atoms with Crippen LogP contribution in [0.5, 0.6) is 0 Å². The Labute approximate surface area is 282 Å². The normalized spacial score (nSPS) is 17.6. The second-order valence-corrected chi connectivity index (χ2v) is 13.3. The molecule has 0 saturated carbocycles. The summed E-state index contributed by atoms with van der Waals surface area (Å²) in [5.41, 5.74) is 12.7. The van der Waals surface area contributed by atoms with E-state index in [1.165, 1.54) is 0 Å². The molecule has 2 aliphatic heterocycles. The molecule has 0 saturated heterocycles. The topological polar surface area (TPSA) is 87.1 Å². The molecule has 1 aliphatic carbocycles. The molecule has 0 unspecified atom stereocenters. The van der Waals surface area contributed by atoms with E-state index in [9.17, 15) is 10.4 Å². The molecule has 0 bridgehead atoms. The van der Waals surface area contributed by atoms with Gasteiger partial charge in [-0.25, -0.2) is 14.7 Å². The number of aliphatic hydroxyl groups is 1. The number of benzene rings is 6. The average molecular weight is 639 g/mol. The molecule has 49 heavy (non-hydrogen) atoms. The third kappa shape index (κ3) is 3.58. The molecule has 3 aliphatic rings. The highest BCUT2D eigenvalue weighted by molar-refractivity contribution is 6.30. The number of anilines is 4. The van der Waals surface area contributed by atoms with Gasteiger partial charge in [-0.15, -0.1) is 0 Å². The van der Waals surface area contributed by atoms with Crippen molar-refractivity contribution in [3.63, 3.8) is 0 Å². The monoisotopic (exact) mass is 638 g/mol. The van der Waals surface area contributed by atoms with Gasteiger partial charge in [-0.1, -0.05) is 54.6 Å². The van der Waals surface area contributed by atoms with Crippen molar-refractivity contribution in [1.82, 2.24) is 4.58 Å². The third-order valence-corrected chi connectivity index (χ3v) is 10.5. The highest BCUT2D eigenvalue weighted by Gasteiger charge is 2.39. The Balaban J connectivity index is 1.55. The lowest BCUT2D eigenvalue weighted by molar-refractivity contribution is 0.434. The summed E-state index contributed by atoms with van der Waals surface area (Å²) in [6.07, 6.45) is 0. The van der Waals surface area contributed by atoms with Gasteiger partial charge in [0.15, 0.2) is 0 Å². The van der Waals surface area contributed by atoms with Crippen LogP contribution in [-0.2, 0) is 0 Å². The van der Waals surface area contributed by atoms with Gasteiger partial charge in [-0.05, 0) is 40.4 Å². The second kappa shape index (κ2) is 10.00. The fourth-order valence-electron chi connectivity index (χ4n) is 8.67. The van der Waals surface area contributed by atoms with E-state index in [-0.39, 0.29) is 11.5 Å². The largest absolute Gasteiger partial charge is 0.507 e. The molecule has 0 fully saturated rings. The number of fused-ring (bicyclic) bond motifs is 4. The van der Waals surface area contributed by atoms with Crippen molar-refractivity contribution in [1.29, 1.82) is 5.26 Å². The maximum atomic E-state index is 12.6. The summed E-state index contributed by atoms with van der Waals surface area (Å²) in [4.78, 5) is 10.4. The Morgan fingerprint density at radius 3 is 2.18 bits per heavy atom. The van der Waals surface area contributed by atoms with Gasteiger partial charge in [0.05, 0.1) is 41.5 Å². The second-order valence-electron chi connectivity index (χ2n) is 13.3. The molecule has 2 heterocycles. The lowest BCUT2D eigenvalue weighted by Gasteiger charge is -2.38. The SMILES string of the molecule is [C-]#[N+]/C(C#N)=C1C(c2c3cccc4c3c(c3cccc(N)c23)N(C)CN4C)=C(O)C/1=c1/c2ccccc2c2c3c(cccc13)N(C)C[N+]=2C. The molecule has 8 nitrogen and oxygen atoms in total. The van der Waals surface area contributed by atoms with Gasteiger partial charge in [-0.3, -0.25) is 0 Å². The first-order chi connectivity index (χ1) is 23.8. The van der Waals surface area contributed by atoms with Crippen LogP contribution in [0.3, 0.4) is 0 Å². The minimum absolute atomic E-state index is 0.0533. The molecule has 0 spiro atoms. The quantitative estimate of drug-likeness (QED) is 0.0746. The average Bonchev–Trinajstić information content (AvgIpc) is 3.10. The molecule has 0 aromatic heterocycles. The Bertz CT molecular complexity index is 2820. The van der Waals surface area contributed by atoms with Crippen molar-refractivity contribution in [3.05, 3.63) is 123 Å². The lowest BCUT2D eigenvalue weighted by atomic mass is 9.73. The molecule has 236 valence electrons. The van der Waals surface area contributed by atoms with Gasteiger partial charge >= 0.3 is 0 Å². The van der Waals surface area contributed by atoms with Crippen molar-refractivity contribution in [2.24, 2.45) is 0 Å². The van der Waals surface area contributed by atoms with Crippen molar-refractivity contribution < 1.29 is 5.11 Å². The minimum Gasteiger partial charge on any atom is -0.507 e. The predicted octanol–water partition coefficient (Wildman–Crippen LogP) is 6.08. The number of aliphatic hydroxyl groups excluding tert-OH is 1. The molecule has 0 atom stereocenters. The summed E-state index contributed by atoms with van der Waals surface area (Å²) in [6, 6.07) is 28.7. The molecule has 6 aromatic carbocycles. The maximum absolute atomic E-state index is 12.6. The van der Waals surface area contributed by atoms with Crippen molar-refractivity contribution in [2.75, 3.05) is 62.0 Å². The molecular weight excluding hydrogens is 606 g/mol. The highest BCUT2D eigenvalue weighted by atomic mass is 16.3. The van der Waals surface area contributed by atoms with Gasteiger partial charge < -0.3 is 25.5 Å². The van der Waals surface area contributed by atoms with E-state index in [0.29, 0.717) is 29.1 Å². The van der Waals surface area contributed by atoms with Gasteiger partial charge in [0, 0.05) is 76.2 Å². The maximum Gasteiger partial charge on any atom is 0.270 e. The number of nitriles is 1. The Morgan fingerprint density at radius 1 is 0.796 bits per heavy atom. The van der Waals surface area contributed by atoms with Crippen LogP contribution in [-0.4, -0.2) is 46.6 Å². The number of hydrogen-bond acceptors (Lipinski definition) is 6. The van der Waals surface area contributed by atoms with E-state index >= 15 is 0 Å². The molecule has 0 radical (unpaired) electrons. The lowest BCUT2D eigenvalue weighted by Crippen LogP contribution is -2.42. The van der Waals surface area contributed by atoms with Crippen LogP contribution < -0.4 is 35.6 Å². The van der Waals surface area contributed by atoms with E-state index in [1.807, 2.05) is 36.4 Å². The number of nitrogens with two attached hydrogens (primary N) is 1. The fraction of sp³-hybridized carbons (Fsp3) is 0.146. The van der Waals surface area contributed by atoms with Crippen LogP contribution in [0.25, 0.3) is 59.1 Å². The number of rotatable bonds is 1. The van der Waals surface area contributed by atoms with E-state index in [1.54, 1.807) is 0 Å². The minimum atomic E-state index is -0.0704. The summed E-state index contributed by atoms with van der Waals surface area (Å²) in [5.74, 6) is 0.0533. The van der Waals surface area contributed by atoms with Crippen LogP contribution in [0, 0.1) is 17.9 Å². The standard InChI is InChI=1S/C41H31N7O/c1-44-28(19-42)36-37(31-22-11-6-7-12-23(22)39-33-24(31)13-9-17-29(33)45(2)20-47(39)4)41(49)38(36)35-25-14-10-18-30-34(25)40(48(5)21-46(30)3)26-15-8-16-27(43)32(26)35/h6-18H,20-21,43H2,2-5H3/p+1/b36-28+. The fourth-order valence-corrected chi connectivity index (χ4v) is 8.67. The van der Waals surface area contributed by atoms with E-state index in [4.69, 9.17) is 12.3 Å². The van der Waals surface area contributed by atoms with Gasteiger partial charge in [0.1, 0.15) is 12.8 Å². The highest BCUT2D eigenvalue weighted by Crippen LogP contribution is 2.55.